The topological polar surface area (TPSA) is 109 Å². The summed E-state index contributed by atoms with van der Waals surface area (Å²) in [6, 6.07) is 1.37. The first kappa shape index (κ1) is 12.7. The van der Waals surface area contributed by atoms with Crippen molar-refractivity contribution in [2.75, 3.05) is 6.54 Å². The number of sulfonamides is 1. The van der Waals surface area contributed by atoms with Crippen LogP contribution in [0.5, 0.6) is 0 Å². The predicted octanol–water partition coefficient (Wildman–Crippen LogP) is -1.25. The van der Waals surface area contributed by atoms with Crippen LogP contribution in [0.2, 0.25) is 0 Å². The summed E-state index contributed by atoms with van der Waals surface area (Å²) in [6.07, 6.45) is 1.16. The standard InChI is InChI=1S/C8H12N2O5S/c1-10-3-2-6(5-10)16(14,15)9-4-7(11)8(12)13/h2-3,5,7,9,11H,4H2,1H3,(H,12,13)/t7-/m0/s1. The zero-order chi connectivity index (χ0) is 12.3. The van der Waals surface area contributed by atoms with Gasteiger partial charge in [0.15, 0.2) is 6.10 Å². The zero-order valence-electron chi connectivity index (χ0n) is 8.49. The summed E-state index contributed by atoms with van der Waals surface area (Å²) in [7, 11) is -2.10. The van der Waals surface area contributed by atoms with Crippen LogP contribution in [-0.2, 0) is 21.9 Å². The van der Waals surface area contributed by atoms with Crippen molar-refractivity contribution in [3.05, 3.63) is 18.5 Å². The molecule has 90 valence electrons. The van der Waals surface area contributed by atoms with E-state index in [4.69, 9.17) is 10.2 Å². The predicted molar refractivity (Wildman–Crippen MR) is 54.2 cm³/mol. The lowest BCUT2D eigenvalue weighted by atomic mass is 10.4. The fourth-order valence-electron chi connectivity index (χ4n) is 0.996. The molecule has 1 aromatic heterocycles. The van der Waals surface area contributed by atoms with Crippen LogP contribution in [-0.4, -0.2) is 41.8 Å². The molecule has 0 bridgehead atoms. The number of carbonyl (C=O) groups is 1. The lowest BCUT2D eigenvalue weighted by molar-refractivity contribution is -0.146. The zero-order valence-corrected chi connectivity index (χ0v) is 9.31. The van der Waals surface area contributed by atoms with Crippen LogP contribution in [0.15, 0.2) is 23.4 Å². The third kappa shape index (κ3) is 3.05. The van der Waals surface area contributed by atoms with E-state index in [1.807, 2.05) is 4.72 Å². The molecule has 1 rings (SSSR count). The van der Waals surface area contributed by atoms with Gasteiger partial charge in [-0.05, 0) is 6.07 Å². The fraction of sp³-hybridized carbons (Fsp3) is 0.375. The number of nitrogens with one attached hydrogen (secondary N) is 1. The van der Waals surface area contributed by atoms with Crippen molar-refractivity contribution in [3.63, 3.8) is 0 Å². The van der Waals surface area contributed by atoms with Gasteiger partial charge in [0.25, 0.3) is 0 Å². The maximum absolute atomic E-state index is 11.5. The number of aliphatic hydroxyl groups is 1. The number of hydrogen-bond acceptors (Lipinski definition) is 4. The maximum Gasteiger partial charge on any atom is 0.333 e. The van der Waals surface area contributed by atoms with E-state index in [9.17, 15) is 13.2 Å². The van der Waals surface area contributed by atoms with Gasteiger partial charge in [0, 0.05) is 26.0 Å². The lowest BCUT2D eigenvalue weighted by Gasteiger charge is -2.07. The molecule has 1 aromatic rings. The molecule has 7 nitrogen and oxygen atoms in total. The molecule has 0 saturated heterocycles. The second-order valence-corrected chi connectivity index (χ2v) is 4.99. The minimum Gasteiger partial charge on any atom is -0.479 e. The number of hydrogen-bond donors (Lipinski definition) is 3. The van der Waals surface area contributed by atoms with Gasteiger partial charge in [0.2, 0.25) is 10.0 Å². The van der Waals surface area contributed by atoms with Crippen LogP contribution in [0.1, 0.15) is 0 Å². The molecule has 1 heterocycles. The minimum atomic E-state index is -3.76. The molecule has 0 saturated carbocycles. The molecule has 0 fully saturated rings. The number of aryl methyl sites for hydroxylation is 1. The summed E-state index contributed by atoms with van der Waals surface area (Å²) in [4.78, 5) is 10.3. The van der Waals surface area contributed by atoms with Gasteiger partial charge in [-0.25, -0.2) is 17.9 Å². The molecule has 1 atom stereocenters. The molecule has 0 aliphatic carbocycles. The third-order valence-corrected chi connectivity index (χ3v) is 3.28. The van der Waals surface area contributed by atoms with Gasteiger partial charge in [0.05, 0.1) is 4.90 Å². The molecule has 0 radical (unpaired) electrons. The summed E-state index contributed by atoms with van der Waals surface area (Å²) in [5.74, 6) is -1.48. The first-order valence-corrected chi connectivity index (χ1v) is 5.84. The molecular formula is C8H12N2O5S. The molecule has 0 aromatic carbocycles. The quantitative estimate of drug-likeness (QED) is 0.603. The number of nitrogens with zero attached hydrogens (tertiary/aromatic N) is 1. The molecule has 0 aliphatic rings. The Hall–Kier alpha value is -1.38. The summed E-state index contributed by atoms with van der Waals surface area (Å²) >= 11 is 0. The second-order valence-electron chi connectivity index (χ2n) is 3.22. The number of aliphatic carboxylic acids is 1. The Morgan fingerprint density at radius 1 is 1.62 bits per heavy atom. The van der Waals surface area contributed by atoms with Crippen molar-refractivity contribution in [3.8, 4) is 0 Å². The van der Waals surface area contributed by atoms with Crippen molar-refractivity contribution < 1.29 is 23.4 Å². The van der Waals surface area contributed by atoms with E-state index >= 15 is 0 Å². The van der Waals surface area contributed by atoms with Crippen molar-refractivity contribution >= 4 is 16.0 Å². The fourth-order valence-corrected chi connectivity index (χ4v) is 2.09. The van der Waals surface area contributed by atoms with Gasteiger partial charge in [-0.2, -0.15) is 0 Å². The van der Waals surface area contributed by atoms with Crippen LogP contribution in [0.25, 0.3) is 0 Å². The summed E-state index contributed by atoms with van der Waals surface area (Å²) in [5, 5.41) is 17.3. The number of carboxylic acids is 1. The average molecular weight is 248 g/mol. The largest absolute Gasteiger partial charge is 0.479 e. The highest BCUT2D eigenvalue weighted by molar-refractivity contribution is 7.89. The van der Waals surface area contributed by atoms with E-state index < -0.39 is 28.6 Å². The molecule has 0 spiro atoms. The number of carboxylic acid groups (broad SMARTS) is 1. The van der Waals surface area contributed by atoms with E-state index in [1.54, 1.807) is 17.8 Å². The van der Waals surface area contributed by atoms with Crippen molar-refractivity contribution in [1.82, 2.24) is 9.29 Å². The van der Waals surface area contributed by atoms with Crippen molar-refractivity contribution in [1.29, 1.82) is 0 Å². The third-order valence-electron chi connectivity index (χ3n) is 1.87. The minimum absolute atomic E-state index is 0.0209. The van der Waals surface area contributed by atoms with E-state index in [0.29, 0.717) is 0 Å². The Balaban J connectivity index is 2.70. The Morgan fingerprint density at radius 3 is 2.69 bits per heavy atom. The molecular weight excluding hydrogens is 236 g/mol. The van der Waals surface area contributed by atoms with Gasteiger partial charge < -0.3 is 14.8 Å². The van der Waals surface area contributed by atoms with Crippen LogP contribution in [0, 0.1) is 0 Å². The van der Waals surface area contributed by atoms with Crippen LogP contribution < -0.4 is 4.72 Å². The second kappa shape index (κ2) is 4.64. The Morgan fingerprint density at radius 2 is 2.25 bits per heavy atom. The average Bonchev–Trinajstić information content (AvgIpc) is 2.61. The number of rotatable bonds is 5. The highest BCUT2D eigenvalue weighted by atomic mass is 32.2. The first-order valence-electron chi connectivity index (χ1n) is 4.35. The summed E-state index contributed by atoms with van der Waals surface area (Å²) in [5.41, 5.74) is 0. The molecule has 0 unspecified atom stereocenters. The molecule has 3 N–H and O–H groups in total. The first-order chi connectivity index (χ1) is 7.33. The van der Waals surface area contributed by atoms with Gasteiger partial charge >= 0.3 is 5.97 Å². The van der Waals surface area contributed by atoms with Gasteiger partial charge in [0.1, 0.15) is 0 Å². The molecule has 8 heteroatoms. The van der Waals surface area contributed by atoms with E-state index in [2.05, 4.69) is 0 Å². The van der Waals surface area contributed by atoms with E-state index in [0.717, 1.165) is 0 Å². The van der Waals surface area contributed by atoms with Gasteiger partial charge in [-0.1, -0.05) is 0 Å². The van der Waals surface area contributed by atoms with Gasteiger partial charge in [-0.3, -0.25) is 0 Å². The lowest BCUT2D eigenvalue weighted by Crippen LogP contribution is -2.36. The summed E-state index contributed by atoms with van der Waals surface area (Å²) in [6.45, 7) is -0.563. The highest BCUT2D eigenvalue weighted by Gasteiger charge is 2.19. The van der Waals surface area contributed by atoms with Crippen LogP contribution >= 0.6 is 0 Å². The number of aromatic nitrogens is 1. The van der Waals surface area contributed by atoms with Crippen LogP contribution in [0.4, 0.5) is 0 Å². The van der Waals surface area contributed by atoms with Crippen LogP contribution in [0.3, 0.4) is 0 Å². The maximum atomic E-state index is 11.5. The molecule has 16 heavy (non-hydrogen) atoms. The van der Waals surface area contributed by atoms with E-state index in [1.165, 1.54) is 12.3 Å². The molecule has 0 aliphatic heterocycles. The Labute approximate surface area is 92.4 Å². The smallest absolute Gasteiger partial charge is 0.333 e. The normalized spacial score (nSPS) is 13.6. The van der Waals surface area contributed by atoms with Crippen molar-refractivity contribution in [2.24, 2.45) is 7.05 Å². The highest BCUT2D eigenvalue weighted by Crippen LogP contribution is 2.07. The monoisotopic (exact) mass is 248 g/mol. The van der Waals surface area contributed by atoms with Crippen molar-refractivity contribution in [2.45, 2.75) is 11.0 Å². The number of aliphatic hydroxyl groups excluding tert-OH is 1. The Bertz CT molecular complexity index is 478. The molecule has 0 amide bonds. The van der Waals surface area contributed by atoms with E-state index in [-0.39, 0.29) is 4.90 Å². The Kier molecular flexibility index (Phi) is 3.68. The SMILES string of the molecule is Cn1ccc(S(=O)(=O)NC[C@H](O)C(=O)O)c1. The van der Waals surface area contributed by atoms with Gasteiger partial charge in [-0.15, -0.1) is 0 Å². The summed E-state index contributed by atoms with van der Waals surface area (Å²) < 4.78 is 26.6.